The van der Waals surface area contributed by atoms with Crippen LogP contribution in [0.1, 0.15) is 19.3 Å². The van der Waals surface area contributed by atoms with E-state index in [0.29, 0.717) is 13.1 Å². The lowest BCUT2D eigenvalue weighted by Crippen LogP contribution is -2.34. The molecule has 1 aliphatic heterocycles. The van der Waals surface area contributed by atoms with Crippen LogP contribution in [-0.2, 0) is 10.0 Å². The van der Waals surface area contributed by atoms with Crippen molar-refractivity contribution in [3.05, 3.63) is 12.0 Å². The van der Waals surface area contributed by atoms with Crippen LogP contribution >= 0.6 is 0 Å². The zero-order valence-electron chi connectivity index (χ0n) is 6.49. The fourth-order valence-corrected chi connectivity index (χ4v) is 2.20. The molecular formula is C7H13NO2S. The van der Waals surface area contributed by atoms with Gasteiger partial charge in [0.2, 0.25) is 10.0 Å². The molecule has 1 rings (SSSR count). The number of sulfonamides is 1. The molecule has 0 saturated carbocycles. The summed E-state index contributed by atoms with van der Waals surface area (Å²) in [5.41, 5.74) is 0. The summed E-state index contributed by atoms with van der Waals surface area (Å²) in [5.74, 6) is 0. The van der Waals surface area contributed by atoms with Crippen molar-refractivity contribution in [2.24, 2.45) is 0 Å². The Morgan fingerprint density at radius 3 is 2.18 bits per heavy atom. The summed E-state index contributed by atoms with van der Waals surface area (Å²) >= 11 is 0. The number of rotatable bonds is 2. The minimum atomic E-state index is -3.12. The molecule has 0 atom stereocenters. The van der Waals surface area contributed by atoms with E-state index in [-0.39, 0.29) is 0 Å². The Hall–Kier alpha value is -0.350. The van der Waals surface area contributed by atoms with Gasteiger partial charge in [0.1, 0.15) is 0 Å². The van der Waals surface area contributed by atoms with Gasteiger partial charge >= 0.3 is 0 Å². The van der Waals surface area contributed by atoms with Crippen LogP contribution in [-0.4, -0.2) is 25.8 Å². The van der Waals surface area contributed by atoms with Crippen LogP contribution in [0, 0.1) is 0 Å². The van der Waals surface area contributed by atoms with Crippen molar-refractivity contribution in [1.82, 2.24) is 4.31 Å². The molecule has 0 bridgehead atoms. The molecule has 0 unspecified atom stereocenters. The minimum Gasteiger partial charge on any atom is -0.208 e. The van der Waals surface area contributed by atoms with Crippen molar-refractivity contribution in [3.8, 4) is 0 Å². The lowest BCUT2D eigenvalue weighted by molar-refractivity contribution is 0.350. The molecule has 0 aromatic rings. The molecule has 1 saturated heterocycles. The lowest BCUT2D eigenvalue weighted by Gasteiger charge is -2.23. The minimum absolute atomic E-state index is 0.661. The van der Waals surface area contributed by atoms with E-state index in [1.807, 2.05) is 0 Å². The maximum absolute atomic E-state index is 11.2. The van der Waals surface area contributed by atoms with Gasteiger partial charge in [-0.2, -0.15) is 4.31 Å². The van der Waals surface area contributed by atoms with Crippen LogP contribution in [0.3, 0.4) is 0 Å². The van der Waals surface area contributed by atoms with Crippen molar-refractivity contribution < 1.29 is 8.42 Å². The lowest BCUT2D eigenvalue weighted by atomic mass is 10.2. The molecule has 64 valence electrons. The molecule has 0 aromatic carbocycles. The number of nitrogens with zero attached hydrogens (tertiary/aromatic N) is 1. The van der Waals surface area contributed by atoms with Crippen molar-refractivity contribution >= 4 is 10.0 Å². The fraction of sp³-hybridized carbons (Fsp3) is 0.714. The van der Waals surface area contributed by atoms with Gasteiger partial charge in [0.25, 0.3) is 0 Å². The Labute approximate surface area is 67.8 Å². The van der Waals surface area contributed by atoms with Gasteiger partial charge in [-0.1, -0.05) is 13.0 Å². The third kappa shape index (κ3) is 2.04. The van der Waals surface area contributed by atoms with Crippen LogP contribution in [0.2, 0.25) is 0 Å². The first kappa shape index (κ1) is 8.74. The highest BCUT2D eigenvalue weighted by atomic mass is 32.2. The summed E-state index contributed by atoms with van der Waals surface area (Å²) in [5, 5.41) is 1.03. The topological polar surface area (TPSA) is 37.4 Å². The number of piperidine rings is 1. The average molecular weight is 175 g/mol. The smallest absolute Gasteiger partial charge is 0.208 e. The first-order chi connectivity index (χ1) is 5.17. The number of hydrogen-bond donors (Lipinski definition) is 0. The van der Waals surface area contributed by atoms with Gasteiger partial charge in [-0.15, -0.1) is 0 Å². The second-order valence-corrected chi connectivity index (χ2v) is 4.55. The van der Waals surface area contributed by atoms with Crippen LogP contribution in [0.25, 0.3) is 0 Å². The normalized spacial score (nSPS) is 21.5. The Morgan fingerprint density at radius 1 is 1.18 bits per heavy atom. The molecule has 4 heteroatoms. The van der Waals surface area contributed by atoms with Crippen molar-refractivity contribution in [1.29, 1.82) is 0 Å². The highest BCUT2D eigenvalue weighted by Crippen LogP contribution is 2.13. The third-order valence-corrected chi connectivity index (χ3v) is 3.39. The maximum atomic E-state index is 11.2. The van der Waals surface area contributed by atoms with Gasteiger partial charge < -0.3 is 0 Å². The van der Waals surface area contributed by atoms with Crippen molar-refractivity contribution in [3.63, 3.8) is 0 Å². The van der Waals surface area contributed by atoms with Crippen LogP contribution < -0.4 is 0 Å². The van der Waals surface area contributed by atoms with Gasteiger partial charge in [0.05, 0.1) is 0 Å². The molecule has 3 nitrogen and oxygen atoms in total. The second-order valence-electron chi connectivity index (χ2n) is 2.67. The van der Waals surface area contributed by atoms with Crippen LogP contribution in [0.15, 0.2) is 12.0 Å². The standard InChI is InChI=1S/C7H13NO2S/c1-2-11(9,10)8-6-4-3-5-7-8/h2H,1,3-7H2. The zero-order chi connectivity index (χ0) is 8.32. The molecule has 1 aliphatic rings. The van der Waals surface area contributed by atoms with Crippen molar-refractivity contribution in [2.75, 3.05) is 13.1 Å². The van der Waals surface area contributed by atoms with Gasteiger partial charge in [0, 0.05) is 18.5 Å². The highest BCUT2D eigenvalue weighted by molar-refractivity contribution is 7.92. The summed E-state index contributed by atoms with van der Waals surface area (Å²) in [6.07, 6.45) is 3.10. The summed E-state index contributed by atoms with van der Waals surface area (Å²) in [6, 6.07) is 0. The summed E-state index contributed by atoms with van der Waals surface area (Å²) < 4.78 is 23.8. The fourth-order valence-electron chi connectivity index (χ4n) is 1.22. The number of hydrogen-bond acceptors (Lipinski definition) is 2. The largest absolute Gasteiger partial charge is 0.235 e. The quantitative estimate of drug-likeness (QED) is 0.626. The van der Waals surface area contributed by atoms with E-state index >= 15 is 0 Å². The first-order valence-corrected chi connectivity index (χ1v) is 5.30. The molecule has 0 aromatic heterocycles. The molecule has 11 heavy (non-hydrogen) atoms. The van der Waals surface area contributed by atoms with E-state index in [4.69, 9.17) is 0 Å². The highest BCUT2D eigenvalue weighted by Gasteiger charge is 2.19. The Bertz CT molecular complexity index is 227. The predicted octanol–water partition coefficient (Wildman–Crippen LogP) is 0.946. The Kier molecular flexibility index (Phi) is 2.67. The second kappa shape index (κ2) is 3.36. The summed E-state index contributed by atoms with van der Waals surface area (Å²) in [7, 11) is -3.12. The summed E-state index contributed by atoms with van der Waals surface area (Å²) in [6.45, 7) is 4.60. The Balaban J connectivity index is 2.66. The van der Waals surface area contributed by atoms with E-state index in [0.717, 1.165) is 24.7 Å². The monoisotopic (exact) mass is 175 g/mol. The van der Waals surface area contributed by atoms with Gasteiger partial charge in [-0.25, -0.2) is 8.42 Å². The molecule has 0 spiro atoms. The predicted molar refractivity (Wildman–Crippen MR) is 44.5 cm³/mol. The SMILES string of the molecule is C=CS(=O)(=O)N1CCCCC1. The van der Waals surface area contributed by atoms with E-state index in [2.05, 4.69) is 6.58 Å². The zero-order valence-corrected chi connectivity index (χ0v) is 7.31. The van der Waals surface area contributed by atoms with Gasteiger partial charge in [0.15, 0.2) is 0 Å². The Morgan fingerprint density at radius 2 is 1.73 bits per heavy atom. The van der Waals surface area contributed by atoms with E-state index in [1.54, 1.807) is 0 Å². The van der Waals surface area contributed by atoms with E-state index in [9.17, 15) is 8.42 Å². The van der Waals surface area contributed by atoms with E-state index in [1.165, 1.54) is 4.31 Å². The van der Waals surface area contributed by atoms with Crippen molar-refractivity contribution in [2.45, 2.75) is 19.3 Å². The molecule has 0 amide bonds. The van der Waals surface area contributed by atoms with Gasteiger partial charge in [-0.3, -0.25) is 0 Å². The molecule has 0 N–H and O–H groups in total. The molecule has 0 aliphatic carbocycles. The first-order valence-electron chi connectivity index (χ1n) is 3.79. The molecule has 1 fully saturated rings. The van der Waals surface area contributed by atoms with Crippen LogP contribution in [0.5, 0.6) is 0 Å². The molecule has 0 radical (unpaired) electrons. The maximum Gasteiger partial charge on any atom is 0.235 e. The van der Waals surface area contributed by atoms with Gasteiger partial charge in [-0.05, 0) is 12.8 Å². The average Bonchev–Trinajstić information content (AvgIpc) is 2.06. The molecular weight excluding hydrogens is 162 g/mol. The van der Waals surface area contributed by atoms with Crippen LogP contribution in [0.4, 0.5) is 0 Å². The van der Waals surface area contributed by atoms with E-state index < -0.39 is 10.0 Å². The summed E-state index contributed by atoms with van der Waals surface area (Å²) in [4.78, 5) is 0. The molecule has 1 heterocycles. The third-order valence-electron chi connectivity index (χ3n) is 1.89.